The second-order valence-corrected chi connectivity index (χ2v) is 7.11. The molecule has 0 fully saturated rings. The first-order valence-corrected chi connectivity index (χ1v) is 9.40. The summed E-state index contributed by atoms with van der Waals surface area (Å²) in [5.41, 5.74) is 6.83. The number of anilines is 1. The maximum absolute atomic E-state index is 12.3. The quantitative estimate of drug-likeness (QED) is 0.595. The number of aryl methyl sites for hydroxylation is 1. The first-order chi connectivity index (χ1) is 13.0. The zero-order chi connectivity index (χ0) is 19.2. The molecule has 6 heteroatoms. The predicted octanol–water partition coefficient (Wildman–Crippen LogP) is 4.35. The molecule has 0 aliphatic heterocycles. The number of fused-ring (bicyclic) bond motifs is 1. The highest BCUT2D eigenvalue weighted by atomic mass is 35.5. The van der Waals surface area contributed by atoms with E-state index in [0.29, 0.717) is 16.3 Å². The molecule has 0 heterocycles. The van der Waals surface area contributed by atoms with E-state index in [1.165, 1.54) is 17.5 Å². The smallest absolute Gasteiger partial charge is 0.271 e. The van der Waals surface area contributed by atoms with E-state index in [-0.39, 0.29) is 18.2 Å². The fourth-order valence-electron chi connectivity index (χ4n) is 3.21. The van der Waals surface area contributed by atoms with Crippen LogP contribution in [0.4, 0.5) is 5.69 Å². The number of carbonyl (C=O) groups is 2. The number of carbonyl (C=O) groups excluding carboxylic acids is 2. The van der Waals surface area contributed by atoms with Gasteiger partial charge >= 0.3 is 0 Å². The number of nitrogens with zero attached hydrogens (tertiary/aromatic N) is 1. The molecule has 0 unspecified atom stereocenters. The Balaban J connectivity index is 1.58. The van der Waals surface area contributed by atoms with Crippen LogP contribution in [0.5, 0.6) is 0 Å². The lowest BCUT2D eigenvalue weighted by Crippen LogP contribution is -2.22. The van der Waals surface area contributed by atoms with E-state index >= 15 is 0 Å². The van der Waals surface area contributed by atoms with Crippen molar-refractivity contribution in [1.82, 2.24) is 5.43 Å². The molecule has 5 nitrogen and oxygen atoms in total. The molecular formula is C21H22ClN3O2. The standard InChI is InChI=1S/C21H22ClN3O2/c1-14(24-25-21(27)16-8-4-9-17(22)13-16)12-20(26)23-19-11-5-7-15-6-2-3-10-18(15)19/h4-5,7-9,11,13H,2-3,6,10,12H2,1H3,(H,23,26)(H,25,27)/b24-14-. The van der Waals surface area contributed by atoms with Gasteiger partial charge in [-0.1, -0.05) is 29.8 Å². The average Bonchev–Trinajstić information content (AvgIpc) is 2.66. The summed E-state index contributed by atoms with van der Waals surface area (Å²) in [4.78, 5) is 24.4. The van der Waals surface area contributed by atoms with Crippen molar-refractivity contribution in [2.45, 2.75) is 39.0 Å². The summed E-state index contributed by atoms with van der Waals surface area (Å²) < 4.78 is 0. The van der Waals surface area contributed by atoms with Gasteiger partial charge < -0.3 is 5.32 Å². The predicted molar refractivity (Wildman–Crippen MR) is 108 cm³/mol. The van der Waals surface area contributed by atoms with Gasteiger partial charge in [0.1, 0.15) is 0 Å². The van der Waals surface area contributed by atoms with Crippen molar-refractivity contribution in [2.24, 2.45) is 5.10 Å². The minimum atomic E-state index is -0.366. The van der Waals surface area contributed by atoms with Gasteiger partial charge in [-0.2, -0.15) is 5.10 Å². The van der Waals surface area contributed by atoms with Gasteiger partial charge in [0, 0.05) is 22.0 Å². The molecule has 2 aromatic rings. The number of halogens is 1. The number of hydrogen-bond donors (Lipinski definition) is 2. The average molecular weight is 384 g/mol. The van der Waals surface area contributed by atoms with Gasteiger partial charge in [-0.15, -0.1) is 0 Å². The molecule has 2 aromatic carbocycles. The molecule has 0 saturated heterocycles. The molecule has 2 N–H and O–H groups in total. The molecule has 1 aliphatic carbocycles. The number of hydrogen-bond acceptors (Lipinski definition) is 3. The van der Waals surface area contributed by atoms with Crippen LogP contribution in [-0.2, 0) is 17.6 Å². The monoisotopic (exact) mass is 383 g/mol. The van der Waals surface area contributed by atoms with E-state index in [1.54, 1.807) is 31.2 Å². The van der Waals surface area contributed by atoms with Gasteiger partial charge in [0.25, 0.3) is 5.91 Å². The van der Waals surface area contributed by atoms with Crippen molar-refractivity contribution in [3.05, 3.63) is 64.2 Å². The van der Waals surface area contributed by atoms with Crippen molar-refractivity contribution < 1.29 is 9.59 Å². The van der Waals surface area contributed by atoms with Crippen LogP contribution in [0.15, 0.2) is 47.6 Å². The largest absolute Gasteiger partial charge is 0.325 e. The van der Waals surface area contributed by atoms with Crippen LogP contribution in [0.25, 0.3) is 0 Å². The van der Waals surface area contributed by atoms with Crippen LogP contribution in [0.3, 0.4) is 0 Å². The molecule has 140 valence electrons. The van der Waals surface area contributed by atoms with E-state index in [9.17, 15) is 9.59 Å². The zero-order valence-electron chi connectivity index (χ0n) is 15.2. The molecule has 0 aromatic heterocycles. The summed E-state index contributed by atoms with van der Waals surface area (Å²) >= 11 is 5.88. The molecule has 1 aliphatic rings. The lowest BCUT2D eigenvalue weighted by atomic mass is 9.90. The molecule has 27 heavy (non-hydrogen) atoms. The van der Waals surface area contributed by atoms with Crippen molar-refractivity contribution in [3.8, 4) is 0 Å². The number of hydrazone groups is 1. The van der Waals surface area contributed by atoms with Gasteiger partial charge in [0.05, 0.1) is 6.42 Å². The Kier molecular flexibility index (Phi) is 6.24. The van der Waals surface area contributed by atoms with E-state index in [0.717, 1.165) is 24.9 Å². The number of amides is 2. The summed E-state index contributed by atoms with van der Waals surface area (Å²) in [6.07, 6.45) is 4.52. The molecule has 3 rings (SSSR count). The Labute approximate surface area is 163 Å². The highest BCUT2D eigenvalue weighted by molar-refractivity contribution is 6.31. The Hall–Kier alpha value is -2.66. The fourth-order valence-corrected chi connectivity index (χ4v) is 3.40. The van der Waals surface area contributed by atoms with Crippen LogP contribution in [0.1, 0.15) is 47.7 Å². The highest BCUT2D eigenvalue weighted by Gasteiger charge is 2.15. The molecule has 0 bridgehead atoms. The normalized spacial score (nSPS) is 13.6. The SMILES string of the molecule is C/C(CC(=O)Nc1cccc2c1CCCC2)=N/NC(=O)c1cccc(Cl)c1. The summed E-state index contributed by atoms with van der Waals surface area (Å²) in [7, 11) is 0. The highest BCUT2D eigenvalue weighted by Crippen LogP contribution is 2.27. The summed E-state index contributed by atoms with van der Waals surface area (Å²) in [5, 5.41) is 7.47. The van der Waals surface area contributed by atoms with Crippen molar-refractivity contribution in [3.63, 3.8) is 0 Å². The first kappa shape index (κ1) is 19.1. The van der Waals surface area contributed by atoms with Gasteiger partial charge in [-0.05, 0) is 68.0 Å². The topological polar surface area (TPSA) is 70.6 Å². The fraction of sp³-hybridized carbons (Fsp3) is 0.286. The Morgan fingerprint density at radius 1 is 1.11 bits per heavy atom. The van der Waals surface area contributed by atoms with E-state index in [4.69, 9.17) is 11.6 Å². The number of rotatable bonds is 5. The first-order valence-electron chi connectivity index (χ1n) is 9.02. The van der Waals surface area contributed by atoms with Crippen molar-refractivity contribution in [2.75, 3.05) is 5.32 Å². The molecule has 0 spiro atoms. The lowest BCUT2D eigenvalue weighted by molar-refractivity contribution is -0.115. The number of benzene rings is 2. The summed E-state index contributed by atoms with van der Waals surface area (Å²) in [6, 6.07) is 12.6. The summed E-state index contributed by atoms with van der Waals surface area (Å²) in [5.74, 6) is -0.512. The van der Waals surface area contributed by atoms with Crippen LogP contribution in [-0.4, -0.2) is 17.5 Å². The maximum Gasteiger partial charge on any atom is 0.271 e. The van der Waals surface area contributed by atoms with E-state index in [1.807, 2.05) is 12.1 Å². The van der Waals surface area contributed by atoms with Crippen LogP contribution in [0, 0.1) is 0 Å². The second-order valence-electron chi connectivity index (χ2n) is 6.67. The molecule has 0 radical (unpaired) electrons. The third-order valence-electron chi connectivity index (χ3n) is 4.52. The van der Waals surface area contributed by atoms with Crippen LogP contribution >= 0.6 is 11.6 Å². The zero-order valence-corrected chi connectivity index (χ0v) is 16.0. The summed E-state index contributed by atoms with van der Waals surface area (Å²) in [6.45, 7) is 1.71. The van der Waals surface area contributed by atoms with Crippen molar-refractivity contribution in [1.29, 1.82) is 0 Å². The molecule has 0 atom stereocenters. The van der Waals surface area contributed by atoms with Gasteiger partial charge in [-0.25, -0.2) is 5.43 Å². The van der Waals surface area contributed by atoms with Crippen LogP contribution < -0.4 is 10.7 Å². The third-order valence-corrected chi connectivity index (χ3v) is 4.76. The van der Waals surface area contributed by atoms with Crippen molar-refractivity contribution >= 4 is 34.8 Å². The minimum absolute atomic E-state index is 0.111. The van der Waals surface area contributed by atoms with Gasteiger partial charge in [-0.3, -0.25) is 9.59 Å². The van der Waals surface area contributed by atoms with Gasteiger partial charge in [0.15, 0.2) is 0 Å². The Morgan fingerprint density at radius 2 is 1.89 bits per heavy atom. The maximum atomic E-state index is 12.3. The second kappa shape index (κ2) is 8.82. The molecule has 0 saturated carbocycles. The third kappa shape index (κ3) is 5.17. The Morgan fingerprint density at radius 3 is 2.70 bits per heavy atom. The molecular weight excluding hydrogens is 362 g/mol. The van der Waals surface area contributed by atoms with Crippen LogP contribution in [0.2, 0.25) is 5.02 Å². The van der Waals surface area contributed by atoms with E-state index in [2.05, 4.69) is 21.9 Å². The lowest BCUT2D eigenvalue weighted by Gasteiger charge is -2.19. The Bertz CT molecular complexity index is 893. The van der Waals surface area contributed by atoms with Gasteiger partial charge in [0.2, 0.25) is 5.91 Å². The molecule has 2 amide bonds. The minimum Gasteiger partial charge on any atom is -0.325 e. The van der Waals surface area contributed by atoms with E-state index < -0.39 is 0 Å². The number of nitrogens with one attached hydrogen (secondary N) is 2.